The summed E-state index contributed by atoms with van der Waals surface area (Å²) >= 11 is 0. The highest BCUT2D eigenvalue weighted by molar-refractivity contribution is 5.66. The van der Waals surface area contributed by atoms with Gasteiger partial charge in [-0.25, -0.2) is 4.68 Å². The minimum absolute atomic E-state index is 0.538. The summed E-state index contributed by atoms with van der Waals surface area (Å²) in [7, 11) is 8.77. The summed E-state index contributed by atoms with van der Waals surface area (Å²) in [4.78, 5) is 2.05. The predicted octanol–water partition coefficient (Wildman–Crippen LogP) is 3.03. The lowest BCUT2D eigenvalue weighted by Gasteiger charge is -2.15. The molecule has 0 radical (unpaired) electrons. The van der Waals surface area contributed by atoms with Crippen LogP contribution in [0.25, 0.3) is 16.9 Å². The van der Waals surface area contributed by atoms with E-state index in [2.05, 4.69) is 27.3 Å². The monoisotopic (exact) mass is 354 g/mol. The molecule has 0 bridgehead atoms. The first kappa shape index (κ1) is 17.6. The molecule has 7 heteroatoms. The van der Waals surface area contributed by atoms with Gasteiger partial charge in [0.05, 0.1) is 38.9 Å². The van der Waals surface area contributed by atoms with Crippen molar-refractivity contribution in [3.05, 3.63) is 42.6 Å². The van der Waals surface area contributed by atoms with Crippen LogP contribution in [0.3, 0.4) is 0 Å². The first-order valence-corrected chi connectivity index (χ1v) is 8.08. The number of rotatable bonds is 6. The molecule has 3 aromatic rings. The average molecular weight is 354 g/mol. The van der Waals surface area contributed by atoms with Crippen molar-refractivity contribution < 1.29 is 14.2 Å². The van der Waals surface area contributed by atoms with Crippen molar-refractivity contribution in [3.63, 3.8) is 0 Å². The number of benzene rings is 2. The smallest absolute Gasteiger partial charge is 0.203 e. The maximum atomic E-state index is 5.43. The summed E-state index contributed by atoms with van der Waals surface area (Å²) < 4.78 is 18.0. The fourth-order valence-corrected chi connectivity index (χ4v) is 2.74. The third-order valence-electron chi connectivity index (χ3n) is 4.12. The Bertz CT molecular complexity index is 863. The van der Waals surface area contributed by atoms with E-state index in [-0.39, 0.29) is 0 Å². The Morgan fingerprint density at radius 1 is 0.885 bits per heavy atom. The van der Waals surface area contributed by atoms with E-state index in [1.54, 1.807) is 32.2 Å². The zero-order valence-corrected chi connectivity index (χ0v) is 15.6. The lowest BCUT2D eigenvalue weighted by molar-refractivity contribution is 0.324. The average Bonchev–Trinajstić information content (AvgIpc) is 3.16. The third kappa shape index (κ3) is 3.15. The molecule has 0 unspecified atom stereocenters. The Morgan fingerprint density at radius 2 is 1.50 bits per heavy atom. The molecule has 0 saturated carbocycles. The quantitative estimate of drug-likeness (QED) is 0.678. The molecule has 0 aliphatic heterocycles. The lowest BCUT2D eigenvalue weighted by atomic mass is 10.1. The van der Waals surface area contributed by atoms with E-state index in [4.69, 9.17) is 14.2 Å². The second-order valence-electron chi connectivity index (χ2n) is 5.86. The molecule has 1 heterocycles. The van der Waals surface area contributed by atoms with Crippen molar-refractivity contribution in [3.8, 4) is 34.2 Å². The first-order valence-electron chi connectivity index (χ1n) is 8.08. The van der Waals surface area contributed by atoms with Gasteiger partial charge in [0.2, 0.25) is 5.75 Å². The van der Waals surface area contributed by atoms with Crippen LogP contribution in [0.15, 0.2) is 42.6 Å². The van der Waals surface area contributed by atoms with Crippen LogP contribution in [0.5, 0.6) is 17.2 Å². The van der Waals surface area contributed by atoms with Crippen LogP contribution in [0.4, 0.5) is 5.69 Å². The standard InChI is InChI=1S/C19H22N4O3/c1-22(2)14-8-6-13(7-9-14)16-12-20-21-23(16)15-10-17(24-3)19(26-5)18(11-15)25-4/h6-12H,1-5H3. The van der Waals surface area contributed by atoms with Crippen LogP contribution in [0, 0.1) is 0 Å². The predicted molar refractivity (Wildman–Crippen MR) is 101 cm³/mol. The summed E-state index contributed by atoms with van der Waals surface area (Å²) in [6, 6.07) is 11.9. The summed E-state index contributed by atoms with van der Waals surface area (Å²) in [6.45, 7) is 0. The highest BCUT2D eigenvalue weighted by Crippen LogP contribution is 2.39. The van der Waals surface area contributed by atoms with Gasteiger partial charge in [-0.15, -0.1) is 5.10 Å². The highest BCUT2D eigenvalue weighted by atomic mass is 16.5. The van der Waals surface area contributed by atoms with Crippen molar-refractivity contribution in [1.29, 1.82) is 0 Å². The Hall–Kier alpha value is -3.22. The third-order valence-corrected chi connectivity index (χ3v) is 4.12. The highest BCUT2D eigenvalue weighted by Gasteiger charge is 2.17. The minimum atomic E-state index is 0.538. The van der Waals surface area contributed by atoms with Crippen LogP contribution in [0.2, 0.25) is 0 Å². The van der Waals surface area contributed by atoms with Crippen molar-refractivity contribution >= 4 is 5.69 Å². The summed E-state index contributed by atoms with van der Waals surface area (Å²) in [5.74, 6) is 1.66. The van der Waals surface area contributed by atoms with Gasteiger partial charge in [-0.05, 0) is 12.1 Å². The van der Waals surface area contributed by atoms with Gasteiger partial charge < -0.3 is 19.1 Å². The maximum Gasteiger partial charge on any atom is 0.203 e. The molecule has 136 valence electrons. The molecular formula is C19H22N4O3. The molecule has 0 aliphatic carbocycles. The Kier molecular flexibility index (Phi) is 4.97. The molecule has 0 saturated heterocycles. The van der Waals surface area contributed by atoms with Crippen LogP contribution >= 0.6 is 0 Å². The van der Waals surface area contributed by atoms with E-state index in [0.717, 1.165) is 22.6 Å². The van der Waals surface area contributed by atoms with Crippen molar-refractivity contribution in [1.82, 2.24) is 15.0 Å². The fraction of sp³-hybridized carbons (Fsp3) is 0.263. The zero-order valence-electron chi connectivity index (χ0n) is 15.6. The summed E-state index contributed by atoms with van der Waals surface area (Å²) in [6.07, 6.45) is 1.73. The van der Waals surface area contributed by atoms with Gasteiger partial charge in [0.25, 0.3) is 0 Å². The van der Waals surface area contributed by atoms with Crippen molar-refractivity contribution in [2.45, 2.75) is 0 Å². The van der Waals surface area contributed by atoms with Gasteiger partial charge in [-0.2, -0.15) is 0 Å². The zero-order chi connectivity index (χ0) is 18.7. The number of aromatic nitrogens is 3. The topological polar surface area (TPSA) is 61.6 Å². The molecule has 0 N–H and O–H groups in total. The van der Waals surface area contributed by atoms with Crippen LogP contribution in [-0.4, -0.2) is 50.4 Å². The van der Waals surface area contributed by atoms with Gasteiger partial charge >= 0.3 is 0 Å². The molecule has 0 amide bonds. The maximum absolute atomic E-state index is 5.43. The minimum Gasteiger partial charge on any atom is -0.493 e. The van der Waals surface area contributed by atoms with E-state index >= 15 is 0 Å². The molecule has 0 aliphatic rings. The van der Waals surface area contributed by atoms with E-state index in [1.807, 2.05) is 38.4 Å². The molecule has 0 atom stereocenters. The summed E-state index contributed by atoms with van der Waals surface area (Å²) in [5.41, 5.74) is 3.77. The number of hydrogen-bond acceptors (Lipinski definition) is 6. The molecule has 7 nitrogen and oxygen atoms in total. The molecule has 0 spiro atoms. The normalized spacial score (nSPS) is 10.5. The molecule has 0 fully saturated rings. The lowest BCUT2D eigenvalue weighted by Crippen LogP contribution is -2.08. The molecular weight excluding hydrogens is 332 g/mol. The molecule has 1 aromatic heterocycles. The Balaban J connectivity index is 2.08. The van der Waals surface area contributed by atoms with Gasteiger partial charge in [-0.3, -0.25) is 0 Å². The Morgan fingerprint density at radius 3 is 2.00 bits per heavy atom. The van der Waals surface area contributed by atoms with Gasteiger partial charge in [0, 0.05) is 37.5 Å². The van der Waals surface area contributed by atoms with Gasteiger partial charge in [0.1, 0.15) is 0 Å². The SMILES string of the molecule is COc1cc(-n2nncc2-c2ccc(N(C)C)cc2)cc(OC)c1OC. The van der Waals surface area contributed by atoms with E-state index in [9.17, 15) is 0 Å². The fourth-order valence-electron chi connectivity index (χ4n) is 2.74. The number of hydrogen-bond donors (Lipinski definition) is 0. The van der Waals surface area contributed by atoms with Crippen LogP contribution in [-0.2, 0) is 0 Å². The van der Waals surface area contributed by atoms with E-state index in [1.165, 1.54) is 0 Å². The van der Waals surface area contributed by atoms with Gasteiger partial charge in [0.15, 0.2) is 11.5 Å². The Labute approximate surface area is 152 Å². The van der Waals surface area contributed by atoms with Gasteiger partial charge in [-0.1, -0.05) is 17.3 Å². The largest absolute Gasteiger partial charge is 0.493 e. The number of ether oxygens (including phenoxy) is 3. The second-order valence-corrected chi connectivity index (χ2v) is 5.86. The second kappa shape index (κ2) is 7.35. The van der Waals surface area contributed by atoms with Crippen LogP contribution < -0.4 is 19.1 Å². The molecule has 26 heavy (non-hydrogen) atoms. The van der Waals surface area contributed by atoms with Crippen LogP contribution in [0.1, 0.15) is 0 Å². The number of methoxy groups -OCH3 is 3. The number of anilines is 1. The van der Waals surface area contributed by atoms with E-state index in [0.29, 0.717) is 17.2 Å². The molecule has 3 rings (SSSR count). The molecule has 2 aromatic carbocycles. The van der Waals surface area contributed by atoms with Crippen molar-refractivity contribution in [2.24, 2.45) is 0 Å². The number of nitrogens with zero attached hydrogens (tertiary/aromatic N) is 4. The first-order chi connectivity index (χ1) is 12.6. The summed E-state index contributed by atoms with van der Waals surface area (Å²) in [5, 5.41) is 8.31. The van der Waals surface area contributed by atoms with E-state index < -0.39 is 0 Å². The van der Waals surface area contributed by atoms with Crippen molar-refractivity contribution in [2.75, 3.05) is 40.3 Å².